The lowest BCUT2D eigenvalue weighted by atomic mass is 10.2. The topological polar surface area (TPSA) is 57.1 Å². The third-order valence-electron chi connectivity index (χ3n) is 2.07. The average molecular weight is 265 g/mol. The zero-order chi connectivity index (χ0) is 14.3. The molecule has 0 saturated carbocycles. The van der Waals surface area contributed by atoms with Crippen molar-refractivity contribution in [2.24, 2.45) is 5.16 Å². The molecule has 0 saturated heterocycles. The Morgan fingerprint density at radius 3 is 2.42 bits per heavy atom. The summed E-state index contributed by atoms with van der Waals surface area (Å²) < 4.78 is 10.2. The van der Waals surface area contributed by atoms with E-state index in [9.17, 15) is 4.79 Å². The minimum atomic E-state index is -0.351. The predicted molar refractivity (Wildman–Crippen MR) is 72.4 cm³/mol. The second kappa shape index (κ2) is 7.41. The molecule has 0 atom stereocenters. The van der Waals surface area contributed by atoms with Crippen LogP contribution in [0.3, 0.4) is 0 Å². The van der Waals surface area contributed by atoms with E-state index < -0.39 is 0 Å². The van der Waals surface area contributed by atoms with Gasteiger partial charge in [-0.1, -0.05) is 0 Å². The molecule has 1 aromatic rings. The van der Waals surface area contributed by atoms with Crippen LogP contribution < -0.4 is 4.84 Å². The van der Waals surface area contributed by atoms with Crippen LogP contribution in [0.4, 0.5) is 0 Å². The Hall–Kier alpha value is -2.04. The summed E-state index contributed by atoms with van der Waals surface area (Å²) in [5.74, 6) is 0.626. The smallest absolute Gasteiger partial charge is 0.338 e. The summed E-state index contributed by atoms with van der Waals surface area (Å²) in [6, 6.07) is 6.57. The Kier molecular flexibility index (Phi) is 5.85. The van der Waals surface area contributed by atoms with Crippen molar-refractivity contribution in [1.29, 1.82) is 0 Å². The minimum Gasteiger partial charge on any atom is -0.479 e. The Bertz CT molecular complexity index is 437. The van der Waals surface area contributed by atoms with E-state index in [0.29, 0.717) is 23.8 Å². The first-order chi connectivity index (χ1) is 9.02. The summed E-state index contributed by atoms with van der Waals surface area (Å²) in [5, 5.41) is 3.79. The summed E-state index contributed by atoms with van der Waals surface area (Å²) in [4.78, 5) is 16.8. The van der Waals surface area contributed by atoms with Gasteiger partial charge in [0.25, 0.3) is 0 Å². The van der Waals surface area contributed by atoms with E-state index in [1.165, 1.54) is 0 Å². The van der Waals surface area contributed by atoms with Gasteiger partial charge in [0.2, 0.25) is 5.90 Å². The van der Waals surface area contributed by atoms with Gasteiger partial charge in [0.1, 0.15) is 0 Å². The molecule has 0 aliphatic rings. The van der Waals surface area contributed by atoms with Crippen molar-refractivity contribution in [3.63, 3.8) is 0 Å². The van der Waals surface area contributed by atoms with Crippen LogP contribution in [-0.4, -0.2) is 24.6 Å². The van der Waals surface area contributed by atoms with E-state index >= 15 is 0 Å². The molecule has 5 heteroatoms. The van der Waals surface area contributed by atoms with Crippen molar-refractivity contribution in [3.05, 3.63) is 29.8 Å². The number of hydrogen-bond donors (Lipinski definition) is 0. The van der Waals surface area contributed by atoms with E-state index in [4.69, 9.17) is 14.3 Å². The van der Waals surface area contributed by atoms with Gasteiger partial charge in [-0.3, -0.25) is 0 Å². The number of ether oxygens (including phenoxy) is 2. The van der Waals surface area contributed by atoms with Crippen molar-refractivity contribution in [3.8, 4) is 5.75 Å². The van der Waals surface area contributed by atoms with Gasteiger partial charge < -0.3 is 14.3 Å². The van der Waals surface area contributed by atoms with Gasteiger partial charge in [-0.2, -0.15) is 0 Å². The molecule has 0 aliphatic heterocycles. The fourth-order valence-corrected chi connectivity index (χ4v) is 1.29. The Balaban J connectivity index is 2.61. The number of esters is 1. The quantitative estimate of drug-likeness (QED) is 0.355. The minimum absolute atomic E-state index is 0.137. The number of carbonyl (C=O) groups is 1. The third-order valence-corrected chi connectivity index (χ3v) is 2.07. The SMILES string of the molecule is CCO/C(C)=N\Oc1ccc(C(=O)OC(C)C)cc1. The summed E-state index contributed by atoms with van der Waals surface area (Å²) in [6.45, 7) is 7.73. The molecule has 0 N–H and O–H groups in total. The number of carbonyl (C=O) groups excluding carboxylic acids is 1. The molecule has 0 aliphatic carbocycles. The van der Waals surface area contributed by atoms with Crippen LogP contribution in [0.25, 0.3) is 0 Å². The van der Waals surface area contributed by atoms with Gasteiger partial charge in [0.15, 0.2) is 5.75 Å². The van der Waals surface area contributed by atoms with Crippen molar-refractivity contribution in [2.45, 2.75) is 33.8 Å². The first kappa shape index (κ1) is 15.0. The highest BCUT2D eigenvalue weighted by molar-refractivity contribution is 5.89. The first-order valence-electron chi connectivity index (χ1n) is 6.18. The summed E-state index contributed by atoms with van der Waals surface area (Å²) in [7, 11) is 0. The maximum absolute atomic E-state index is 11.6. The number of hydrogen-bond acceptors (Lipinski definition) is 5. The molecule has 0 fully saturated rings. The number of oxime groups is 1. The van der Waals surface area contributed by atoms with Gasteiger partial charge in [-0.15, -0.1) is 0 Å². The van der Waals surface area contributed by atoms with E-state index in [1.807, 2.05) is 6.92 Å². The van der Waals surface area contributed by atoms with Crippen LogP contribution >= 0.6 is 0 Å². The Labute approximate surface area is 113 Å². The summed E-state index contributed by atoms with van der Waals surface area (Å²) in [5.41, 5.74) is 0.478. The largest absolute Gasteiger partial charge is 0.479 e. The van der Waals surface area contributed by atoms with Crippen LogP contribution in [0, 0.1) is 0 Å². The zero-order valence-corrected chi connectivity index (χ0v) is 11.7. The molecule has 0 heterocycles. The van der Waals surface area contributed by atoms with Crippen molar-refractivity contribution >= 4 is 11.9 Å². The molecule has 0 bridgehead atoms. The zero-order valence-electron chi connectivity index (χ0n) is 11.7. The van der Waals surface area contributed by atoms with Gasteiger partial charge in [-0.05, 0) is 50.2 Å². The second-order valence-electron chi connectivity index (χ2n) is 4.11. The number of rotatable bonds is 5. The van der Waals surface area contributed by atoms with Gasteiger partial charge in [-0.25, -0.2) is 4.79 Å². The highest BCUT2D eigenvalue weighted by atomic mass is 16.6. The normalized spacial score (nSPS) is 11.3. The summed E-state index contributed by atoms with van der Waals surface area (Å²) in [6.07, 6.45) is -0.137. The molecule has 0 amide bonds. The first-order valence-corrected chi connectivity index (χ1v) is 6.18. The fourth-order valence-electron chi connectivity index (χ4n) is 1.29. The van der Waals surface area contributed by atoms with Crippen molar-refractivity contribution < 1.29 is 19.1 Å². The molecule has 0 unspecified atom stereocenters. The lowest BCUT2D eigenvalue weighted by molar-refractivity contribution is 0.0378. The molecular formula is C14H19NO4. The lowest BCUT2D eigenvalue weighted by Crippen LogP contribution is -2.11. The van der Waals surface area contributed by atoms with Crippen LogP contribution in [0.1, 0.15) is 38.1 Å². The molecule has 19 heavy (non-hydrogen) atoms. The molecule has 104 valence electrons. The van der Waals surface area contributed by atoms with E-state index in [0.717, 1.165) is 0 Å². The molecule has 1 rings (SSSR count). The number of nitrogens with zero attached hydrogens (tertiary/aromatic N) is 1. The molecular weight excluding hydrogens is 246 g/mol. The van der Waals surface area contributed by atoms with E-state index in [2.05, 4.69) is 5.16 Å². The van der Waals surface area contributed by atoms with Crippen molar-refractivity contribution in [1.82, 2.24) is 0 Å². The van der Waals surface area contributed by atoms with Gasteiger partial charge in [0, 0.05) is 6.92 Å². The maximum atomic E-state index is 11.6. The van der Waals surface area contributed by atoms with E-state index in [-0.39, 0.29) is 12.1 Å². The predicted octanol–water partition coefficient (Wildman–Crippen LogP) is 3.00. The highest BCUT2D eigenvalue weighted by Gasteiger charge is 2.08. The molecule has 0 radical (unpaired) electrons. The van der Waals surface area contributed by atoms with Crippen molar-refractivity contribution in [2.75, 3.05) is 6.61 Å². The maximum Gasteiger partial charge on any atom is 0.338 e. The molecule has 1 aromatic carbocycles. The molecule has 0 spiro atoms. The Morgan fingerprint density at radius 2 is 1.89 bits per heavy atom. The molecule has 5 nitrogen and oxygen atoms in total. The van der Waals surface area contributed by atoms with Crippen LogP contribution in [0.15, 0.2) is 29.4 Å². The standard InChI is InChI=1S/C14H19NO4/c1-5-17-11(4)15-19-13-8-6-12(7-9-13)14(16)18-10(2)3/h6-10H,5H2,1-4H3/b15-11-. The fraction of sp³-hybridized carbons (Fsp3) is 0.429. The lowest BCUT2D eigenvalue weighted by Gasteiger charge is -2.08. The van der Waals surface area contributed by atoms with Crippen LogP contribution in [0.2, 0.25) is 0 Å². The van der Waals surface area contributed by atoms with Gasteiger partial charge >= 0.3 is 5.97 Å². The second-order valence-corrected chi connectivity index (χ2v) is 4.11. The third kappa shape index (κ3) is 5.42. The average Bonchev–Trinajstić information content (AvgIpc) is 2.36. The molecule has 0 aromatic heterocycles. The van der Waals surface area contributed by atoms with Crippen LogP contribution in [0.5, 0.6) is 5.75 Å². The number of benzene rings is 1. The monoisotopic (exact) mass is 265 g/mol. The Morgan fingerprint density at radius 1 is 1.26 bits per heavy atom. The van der Waals surface area contributed by atoms with Gasteiger partial charge in [0.05, 0.1) is 18.3 Å². The van der Waals surface area contributed by atoms with E-state index in [1.54, 1.807) is 45.0 Å². The highest BCUT2D eigenvalue weighted by Crippen LogP contribution is 2.14. The van der Waals surface area contributed by atoms with Crippen LogP contribution in [-0.2, 0) is 9.47 Å². The summed E-state index contributed by atoms with van der Waals surface area (Å²) >= 11 is 0.